The van der Waals surface area contributed by atoms with E-state index in [1.54, 1.807) is 6.26 Å². The molecule has 3 N–H and O–H groups in total. The highest BCUT2D eigenvalue weighted by atomic mass is 32.2. The van der Waals surface area contributed by atoms with E-state index in [4.69, 9.17) is 10.2 Å². The Kier molecular flexibility index (Phi) is 4.47. The molecule has 0 fully saturated rings. The number of thiophene rings is 1. The number of nitrogens with one attached hydrogen (secondary N) is 1. The van der Waals surface area contributed by atoms with Crippen LogP contribution in [0.2, 0.25) is 0 Å². The molecule has 4 heterocycles. The van der Waals surface area contributed by atoms with Crippen LogP contribution in [0.15, 0.2) is 21.9 Å². The molecule has 1 aliphatic carbocycles. The van der Waals surface area contributed by atoms with Crippen molar-refractivity contribution in [3.8, 4) is 11.4 Å². The first-order valence-corrected chi connectivity index (χ1v) is 11.1. The Morgan fingerprint density at radius 1 is 1.34 bits per heavy atom. The van der Waals surface area contributed by atoms with Crippen molar-refractivity contribution < 1.29 is 14.0 Å². The number of aryl methyl sites for hydroxylation is 2. The highest BCUT2D eigenvalue weighted by Gasteiger charge is 2.29. The number of hydrogen-bond donors (Lipinski definition) is 2. The maximum atomic E-state index is 12.8. The number of hydrogen-bond acceptors (Lipinski definition) is 7. The van der Waals surface area contributed by atoms with E-state index < -0.39 is 11.2 Å². The summed E-state index contributed by atoms with van der Waals surface area (Å²) in [5, 5.41) is 12.3. The lowest BCUT2D eigenvalue weighted by molar-refractivity contribution is -0.115. The van der Waals surface area contributed by atoms with Crippen molar-refractivity contribution in [1.29, 1.82) is 0 Å². The number of furan rings is 1. The number of fused-ring (bicyclic) bond motifs is 4. The fourth-order valence-electron chi connectivity index (χ4n) is 3.90. The molecule has 8 nitrogen and oxygen atoms in total. The molecule has 0 saturated carbocycles. The van der Waals surface area contributed by atoms with Crippen molar-refractivity contribution in [3.63, 3.8) is 0 Å². The number of amides is 2. The van der Waals surface area contributed by atoms with E-state index in [1.165, 1.54) is 23.1 Å². The average Bonchev–Trinajstić information content (AvgIpc) is 3.43. The van der Waals surface area contributed by atoms with Gasteiger partial charge in [-0.05, 0) is 37.8 Å². The molecule has 29 heavy (non-hydrogen) atoms. The third-order valence-corrected chi connectivity index (χ3v) is 7.61. The fourth-order valence-corrected chi connectivity index (χ4v) is 6.07. The van der Waals surface area contributed by atoms with Crippen LogP contribution >= 0.6 is 23.1 Å². The van der Waals surface area contributed by atoms with Crippen LogP contribution in [-0.2, 0) is 30.6 Å². The zero-order chi connectivity index (χ0) is 20.1. The van der Waals surface area contributed by atoms with E-state index in [-0.39, 0.29) is 5.91 Å². The Hall–Kier alpha value is -2.59. The van der Waals surface area contributed by atoms with Gasteiger partial charge in [0.05, 0.1) is 22.6 Å². The molecule has 150 valence electrons. The SMILES string of the molecule is CC(Sc1nnc2n1CCc1occc1-2)C(=O)Nc1sc2c(c1C(N)=O)CCC2. The third kappa shape index (κ3) is 3.06. The van der Waals surface area contributed by atoms with Gasteiger partial charge in [0.2, 0.25) is 5.91 Å². The van der Waals surface area contributed by atoms with Gasteiger partial charge < -0.3 is 20.0 Å². The summed E-state index contributed by atoms with van der Waals surface area (Å²) in [6.07, 6.45) is 5.23. The van der Waals surface area contributed by atoms with E-state index in [0.717, 1.165) is 53.3 Å². The number of nitrogens with two attached hydrogens (primary N) is 1. The second-order valence-corrected chi connectivity index (χ2v) is 9.55. The minimum atomic E-state index is -0.484. The summed E-state index contributed by atoms with van der Waals surface area (Å²) in [6.45, 7) is 2.53. The molecule has 0 radical (unpaired) electrons. The van der Waals surface area contributed by atoms with E-state index in [2.05, 4.69) is 15.5 Å². The van der Waals surface area contributed by atoms with Crippen LogP contribution in [0.1, 0.15) is 39.9 Å². The van der Waals surface area contributed by atoms with Crippen LogP contribution < -0.4 is 11.1 Å². The lowest BCUT2D eigenvalue weighted by Crippen LogP contribution is -2.24. The normalized spacial score (nSPS) is 15.5. The number of thioether (sulfide) groups is 1. The molecule has 3 aromatic rings. The van der Waals surface area contributed by atoms with Gasteiger partial charge in [-0.3, -0.25) is 9.59 Å². The van der Waals surface area contributed by atoms with Gasteiger partial charge in [0.1, 0.15) is 10.8 Å². The van der Waals surface area contributed by atoms with Crippen molar-refractivity contribution in [1.82, 2.24) is 14.8 Å². The van der Waals surface area contributed by atoms with Crippen molar-refractivity contribution in [3.05, 3.63) is 34.1 Å². The van der Waals surface area contributed by atoms with Crippen LogP contribution in [0.25, 0.3) is 11.4 Å². The summed E-state index contributed by atoms with van der Waals surface area (Å²) in [5.41, 5.74) is 8.01. The van der Waals surface area contributed by atoms with E-state index in [0.29, 0.717) is 22.3 Å². The predicted octanol–water partition coefficient (Wildman–Crippen LogP) is 2.86. The molecule has 0 saturated heterocycles. The standard InChI is InChI=1S/C19H19N5O3S2/c1-9(17(26)21-18-14(15(20)25)11-3-2-4-13(11)29-18)28-19-23-22-16-10-6-8-27-12(10)5-7-24(16)19/h6,8-9H,2-5,7H2,1H3,(H2,20,25)(H,21,26). The zero-order valence-electron chi connectivity index (χ0n) is 15.7. The number of carbonyl (C=O) groups excluding carboxylic acids is 2. The quantitative estimate of drug-likeness (QED) is 0.603. The molecule has 1 atom stereocenters. The molecule has 1 unspecified atom stereocenters. The highest BCUT2D eigenvalue weighted by molar-refractivity contribution is 8.00. The van der Waals surface area contributed by atoms with Gasteiger partial charge in [-0.25, -0.2) is 0 Å². The van der Waals surface area contributed by atoms with Gasteiger partial charge in [0.15, 0.2) is 11.0 Å². The van der Waals surface area contributed by atoms with Crippen LogP contribution in [-0.4, -0.2) is 31.8 Å². The van der Waals surface area contributed by atoms with Gasteiger partial charge in [-0.1, -0.05) is 11.8 Å². The van der Waals surface area contributed by atoms with Gasteiger partial charge in [-0.2, -0.15) is 0 Å². The number of primary amides is 1. The van der Waals surface area contributed by atoms with Gasteiger partial charge in [0.25, 0.3) is 5.91 Å². The second-order valence-electron chi connectivity index (χ2n) is 7.14. The summed E-state index contributed by atoms with van der Waals surface area (Å²) >= 11 is 2.81. The predicted molar refractivity (Wildman–Crippen MR) is 110 cm³/mol. The van der Waals surface area contributed by atoms with Crippen molar-refractivity contribution in [2.45, 2.75) is 49.6 Å². The minimum Gasteiger partial charge on any atom is -0.468 e. The Bertz CT molecular complexity index is 1130. The monoisotopic (exact) mass is 429 g/mol. The van der Waals surface area contributed by atoms with Crippen molar-refractivity contribution in [2.75, 3.05) is 5.32 Å². The summed E-state index contributed by atoms with van der Waals surface area (Å²) in [7, 11) is 0. The summed E-state index contributed by atoms with van der Waals surface area (Å²) in [6, 6.07) is 1.89. The second kappa shape index (κ2) is 7.03. The lowest BCUT2D eigenvalue weighted by atomic mass is 10.1. The molecular weight excluding hydrogens is 410 g/mol. The largest absolute Gasteiger partial charge is 0.468 e. The molecular formula is C19H19N5O3S2. The Labute approximate surface area is 174 Å². The molecule has 2 amide bonds. The Balaban J connectivity index is 1.34. The number of aromatic nitrogens is 3. The lowest BCUT2D eigenvalue weighted by Gasteiger charge is -2.16. The van der Waals surface area contributed by atoms with Gasteiger partial charge in [0, 0.05) is 17.8 Å². The molecule has 2 aliphatic rings. The first kappa shape index (κ1) is 18.4. The van der Waals surface area contributed by atoms with Crippen LogP contribution in [0.4, 0.5) is 5.00 Å². The molecule has 3 aromatic heterocycles. The zero-order valence-corrected chi connectivity index (χ0v) is 17.4. The number of carbonyl (C=O) groups is 2. The smallest absolute Gasteiger partial charge is 0.251 e. The third-order valence-electron chi connectivity index (χ3n) is 5.32. The number of nitrogens with zero attached hydrogens (tertiary/aromatic N) is 3. The van der Waals surface area contributed by atoms with Crippen molar-refractivity contribution >= 4 is 39.9 Å². The van der Waals surface area contributed by atoms with Crippen LogP contribution in [0, 0.1) is 0 Å². The summed E-state index contributed by atoms with van der Waals surface area (Å²) in [5.74, 6) is 1.01. The number of rotatable bonds is 5. The minimum absolute atomic E-state index is 0.186. The van der Waals surface area contributed by atoms with Crippen LogP contribution in [0.3, 0.4) is 0 Å². The van der Waals surface area contributed by atoms with Gasteiger partial charge >= 0.3 is 0 Å². The highest BCUT2D eigenvalue weighted by Crippen LogP contribution is 2.39. The Morgan fingerprint density at radius 3 is 3.03 bits per heavy atom. The Morgan fingerprint density at radius 2 is 2.21 bits per heavy atom. The maximum Gasteiger partial charge on any atom is 0.251 e. The first-order chi connectivity index (χ1) is 14.0. The first-order valence-electron chi connectivity index (χ1n) is 9.44. The summed E-state index contributed by atoms with van der Waals surface area (Å²) in [4.78, 5) is 25.9. The topological polar surface area (TPSA) is 116 Å². The molecule has 0 spiro atoms. The molecule has 1 aliphatic heterocycles. The maximum absolute atomic E-state index is 12.8. The molecule has 5 rings (SSSR count). The van der Waals surface area contributed by atoms with E-state index in [9.17, 15) is 9.59 Å². The summed E-state index contributed by atoms with van der Waals surface area (Å²) < 4.78 is 7.49. The van der Waals surface area contributed by atoms with Crippen molar-refractivity contribution in [2.24, 2.45) is 5.73 Å². The number of anilines is 1. The molecule has 0 aromatic carbocycles. The van der Waals surface area contributed by atoms with Crippen LogP contribution in [0.5, 0.6) is 0 Å². The molecule has 10 heteroatoms. The van der Waals surface area contributed by atoms with E-state index >= 15 is 0 Å². The van der Waals surface area contributed by atoms with Gasteiger partial charge in [-0.15, -0.1) is 21.5 Å². The average molecular weight is 430 g/mol. The molecule has 0 bridgehead atoms. The fraction of sp³-hybridized carbons (Fsp3) is 0.368. The van der Waals surface area contributed by atoms with E-state index in [1.807, 2.05) is 17.6 Å².